The molecule has 0 radical (unpaired) electrons. The lowest BCUT2D eigenvalue weighted by molar-refractivity contribution is -0.122. The number of nitrogens with one attached hydrogen (secondary N) is 1. The van der Waals surface area contributed by atoms with Crippen molar-refractivity contribution in [2.45, 2.75) is 26.2 Å². The summed E-state index contributed by atoms with van der Waals surface area (Å²) in [5, 5.41) is 2.91. The first kappa shape index (κ1) is 9.85. The summed E-state index contributed by atoms with van der Waals surface area (Å²) in [6.07, 6.45) is 3.06. The first-order chi connectivity index (χ1) is 5.75. The summed E-state index contributed by atoms with van der Waals surface area (Å²) in [6.45, 7) is 2.90. The molecule has 1 N–H and O–H groups in total. The van der Waals surface area contributed by atoms with Gasteiger partial charge in [-0.05, 0) is 25.2 Å². The smallest absolute Gasteiger partial charge is 0.223 e. The number of carbonyl (C=O) groups is 1. The van der Waals surface area contributed by atoms with Crippen LogP contribution in [0.1, 0.15) is 26.2 Å². The molecule has 0 aromatic heterocycles. The van der Waals surface area contributed by atoms with E-state index in [1.165, 1.54) is 0 Å². The second-order valence-electron chi connectivity index (χ2n) is 3.51. The van der Waals surface area contributed by atoms with Crippen molar-refractivity contribution in [2.24, 2.45) is 11.8 Å². The van der Waals surface area contributed by atoms with Gasteiger partial charge in [-0.15, -0.1) is 11.6 Å². The van der Waals surface area contributed by atoms with Gasteiger partial charge in [0.2, 0.25) is 5.91 Å². The summed E-state index contributed by atoms with van der Waals surface area (Å²) >= 11 is 5.50. The molecule has 0 heterocycles. The molecule has 0 bridgehead atoms. The highest BCUT2D eigenvalue weighted by molar-refractivity contribution is 6.17. The maximum atomic E-state index is 11.2. The van der Waals surface area contributed by atoms with Gasteiger partial charge in [-0.2, -0.15) is 0 Å². The molecule has 1 fully saturated rings. The van der Waals surface area contributed by atoms with Gasteiger partial charge in [0.15, 0.2) is 0 Å². The van der Waals surface area contributed by atoms with Crippen molar-refractivity contribution in [3.05, 3.63) is 0 Å². The van der Waals surface area contributed by atoms with Crippen LogP contribution in [0.2, 0.25) is 0 Å². The van der Waals surface area contributed by atoms with Crippen LogP contribution in [0.5, 0.6) is 0 Å². The number of hydrogen-bond donors (Lipinski definition) is 1. The van der Waals surface area contributed by atoms with Crippen LogP contribution in [-0.4, -0.2) is 18.3 Å². The maximum Gasteiger partial charge on any atom is 0.223 e. The molecule has 0 aromatic rings. The summed E-state index contributed by atoms with van der Waals surface area (Å²) in [5.74, 6) is 1.84. The number of carbonyl (C=O) groups excluding carboxylic acids is 1. The Morgan fingerprint density at radius 1 is 1.58 bits per heavy atom. The van der Waals surface area contributed by atoms with Crippen molar-refractivity contribution in [1.82, 2.24) is 5.32 Å². The molecule has 1 saturated carbocycles. The minimum Gasteiger partial charge on any atom is -0.356 e. The first-order valence-corrected chi connectivity index (χ1v) is 5.13. The van der Waals surface area contributed by atoms with Crippen molar-refractivity contribution in [1.29, 1.82) is 0 Å². The predicted molar refractivity (Wildman–Crippen MR) is 50.2 cm³/mol. The third kappa shape index (κ3) is 3.02. The normalized spacial score (nSPS) is 26.8. The molecule has 0 aliphatic heterocycles. The molecular formula is C9H16ClNO. The van der Waals surface area contributed by atoms with Crippen molar-refractivity contribution in [2.75, 3.05) is 12.4 Å². The molecule has 3 heteroatoms. The quantitative estimate of drug-likeness (QED) is 0.519. The van der Waals surface area contributed by atoms with E-state index in [-0.39, 0.29) is 5.91 Å². The Labute approximate surface area is 78.7 Å². The average molecular weight is 190 g/mol. The number of hydrogen-bond acceptors (Lipinski definition) is 1. The van der Waals surface area contributed by atoms with Gasteiger partial charge in [0.1, 0.15) is 0 Å². The Kier molecular flexibility index (Phi) is 3.86. The van der Waals surface area contributed by atoms with Crippen LogP contribution in [0.4, 0.5) is 0 Å². The van der Waals surface area contributed by atoms with E-state index in [1.54, 1.807) is 0 Å². The molecule has 0 saturated heterocycles. The average Bonchev–Trinajstić information content (AvgIpc) is 2.76. The van der Waals surface area contributed by atoms with E-state index in [0.717, 1.165) is 25.8 Å². The molecule has 1 amide bonds. The van der Waals surface area contributed by atoms with Gasteiger partial charge in [0.25, 0.3) is 0 Å². The molecule has 0 aromatic carbocycles. The number of alkyl halides is 1. The van der Waals surface area contributed by atoms with Crippen LogP contribution in [-0.2, 0) is 4.79 Å². The summed E-state index contributed by atoms with van der Waals surface area (Å²) in [7, 11) is 0. The van der Waals surface area contributed by atoms with E-state index in [0.29, 0.717) is 17.7 Å². The topological polar surface area (TPSA) is 29.1 Å². The van der Waals surface area contributed by atoms with Crippen molar-refractivity contribution < 1.29 is 4.79 Å². The number of halogens is 1. The highest BCUT2D eigenvalue weighted by Gasteiger charge is 2.38. The second-order valence-corrected chi connectivity index (χ2v) is 3.88. The highest BCUT2D eigenvalue weighted by atomic mass is 35.5. The van der Waals surface area contributed by atoms with Gasteiger partial charge in [0, 0.05) is 18.3 Å². The summed E-state index contributed by atoms with van der Waals surface area (Å²) in [6, 6.07) is 0. The third-order valence-corrected chi connectivity index (χ3v) is 2.57. The lowest BCUT2D eigenvalue weighted by Crippen LogP contribution is -2.26. The highest BCUT2D eigenvalue weighted by Crippen LogP contribution is 2.37. The van der Waals surface area contributed by atoms with Gasteiger partial charge < -0.3 is 5.32 Å². The molecular weight excluding hydrogens is 174 g/mol. The zero-order valence-electron chi connectivity index (χ0n) is 7.48. The number of amides is 1. The molecule has 12 heavy (non-hydrogen) atoms. The fourth-order valence-electron chi connectivity index (χ4n) is 1.25. The zero-order valence-corrected chi connectivity index (χ0v) is 8.23. The fourth-order valence-corrected chi connectivity index (χ4v) is 1.44. The van der Waals surface area contributed by atoms with Gasteiger partial charge >= 0.3 is 0 Å². The Balaban J connectivity index is 1.96. The molecule has 70 valence electrons. The van der Waals surface area contributed by atoms with Crippen LogP contribution < -0.4 is 5.32 Å². The fraction of sp³-hybridized carbons (Fsp3) is 0.889. The number of rotatable bonds is 5. The van der Waals surface area contributed by atoms with E-state index in [9.17, 15) is 4.79 Å². The van der Waals surface area contributed by atoms with Gasteiger partial charge in [-0.3, -0.25) is 4.79 Å². The Morgan fingerprint density at radius 3 is 2.75 bits per heavy atom. The van der Waals surface area contributed by atoms with Crippen molar-refractivity contribution in [3.63, 3.8) is 0 Å². The molecule has 1 aliphatic carbocycles. The summed E-state index contributed by atoms with van der Waals surface area (Å²) in [4.78, 5) is 11.2. The Hall–Kier alpha value is -0.240. The zero-order chi connectivity index (χ0) is 8.97. The van der Waals surface area contributed by atoms with E-state index < -0.39 is 0 Å². The second kappa shape index (κ2) is 4.70. The molecule has 2 atom stereocenters. The van der Waals surface area contributed by atoms with E-state index in [2.05, 4.69) is 12.2 Å². The number of unbranched alkanes of at least 4 members (excludes halogenated alkanes) is 1. The van der Waals surface area contributed by atoms with Crippen molar-refractivity contribution >= 4 is 17.5 Å². The van der Waals surface area contributed by atoms with E-state index >= 15 is 0 Å². The molecule has 2 unspecified atom stereocenters. The van der Waals surface area contributed by atoms with Crippen LogP contribution >= 0.6 is 11.6 Å². The lowest BCUT2D eigenvalue weighted by Gasteiger charge is -2.02. The standard InChI is InChI=1S/C9H16ClNO/c1-7-6-8(7)9(12)11-5-3-2-4-10/h7-8H,2-6H2,1H3,(H,11,12). The summed E-state index contributed by atoms with van der Waals surface area (Å²) in [5.41, 5.74) is 0. The van der Waals surface area contributed by atoms with Crippen LogP contribution in [0.3, 0.4) is 0 Å². The SMILES string of the molecule is CC1CC1C(=O)NCCCCCl. The third-order valence-electron chi connectivity index (χ3n) is 2.31. The van der Waals surface area contributed by atoms with Crippen molar-refractivity contribution in [3.8, 4) is 0 Å². The first-order valence-electron chi connectivity index (χ1n) is 4.59. The monoisotopic (exact) mass is 189 g/mol. The Bertz CT molecular complexity index is 161. The summed E-state index contributed by atoms with van der Waals surface area (Å²) < 4.78 is 0. The van der Waals surface area contributed by atoms with E-state index in [1.807, 2.05) is 0 Å². The largest absolute Gasteiger partial charge is 0.356 e. The van der Waals surface area contributed by atoms with Gasteiger partial charge in [-0.25, -0.2) is 0 Å². The molecule has 1 rings (SSSR count). The maximum absolute atomic E-state index is 11.2. The minimum absolute atomic E-state index is 0.233. The van der Waals surface area contributed by atoms with Crippen LogP contribution in [0, 0.1) is 11.8 Å². The van der Waals surface area contributed by atoms with Gasteiger partial charge in [0.05, 0.1) is 0 Å². The van der Waals surface area contributed by atoms with E-state index in [4.69, 9.17) is 11.6 Å². The Morgan fingerprint density at radius 2 is 2.25 bits per heavy atom. The molecule has 1 aliphatic rings. The lowest BCUT2D eigenvalue weighted by atomic mass is 10.3. The van der Waals surface area contributed by atoms with Gasteiger partial charge in [-0.1, -0.05) is 6.92 Å². The predicted octanol–water partition coefficient (Wildman–Crippen LogP) is 1.78. The molecule has 2 nitrogen and oxygen atoms in total. The van der Waals surface area contributed by atoms with Crippen LogP contribution in [0.25, 0.3) is 0 Å². The minimum atomic E-state index is 0.233. The van der Waals surface area contributed by atoms with Crippen LogP contribution in [0.15, 0.2) is 0 Å². The molecule has 0 spiro atoms.